The van der Waals surface area contributed by atoms with Crippen molar-refractivity contribution in [1.29, 1.82) is 0 Å². The molecule has 7 nitrogen and oxygen atoms in total. The lowest BCUT2D eigenvalue weighted by atomic mass is 10.2. The molecule has 1 aliphatic rings. The van der Waals surface area contributed by atoms with E-state index in [-0.39, 0.29) is 31.7 Å². The SMILES string of the molecule is O=COC1=C(OC=O)C(CCO)OC1=O. The maximum Gasteiger partial charge on any atom is 0.378 e. The maximum absolute atomic E-state index is 11.1. The molecule has 0 saturated heterocycles. The molecular weight excluding hydrogens is 208 g/mol. The monoisotopic (exact) mass is 216 g/mol. The van der Waals surface area contributed by atoms with Crippen molar-refractivity contribution in [2.75, 3.05) is 6.61 Å². The van der Waals surface area contributed by atoms with Gasteiger partial charge in [0.05, 0.1) is 0 Å². The van der Waals surface area contributed by atoms with E-state index in [9.17, 15) is 14.4 Å². The van der Waals surface area contributed by atoms with Crippen molar-refractivity contribution in [3.8, 4) is 0 Å². The molecule has 7 heteroatoms. The van der Waals surface area contributed by atoms with Gasteiger partial charge in [0.1, 0.15) is 0 Å². The van der Waals surface area contributed by atoms with Crippen LogP contribution in [-0.2, 0) is 28.6 Å². The van der Waals surface area contributed by atoms with Crippen LogP contribution in [0.4, 0.5) is 0 Å². The molecule has 15 heavy (non-hydrogen) atoms. The molecule has 1 rings (SSSR count). The average Bonchev–Trinajstić information content (AvgIpc) is 2.48. The maximum atomic E-state index is 11.1. The van der Waals surface area contributed by atoms with Crippen molar-refractivity contribution in [2.24, 2.45) is 0 Å². The van der Waals surface area contributed by atoms with Gasteiger partial charge in [-0.3, -0.25) is 9.59 Å². The summed E-state index contributed by atoms with van der Waals surface area (Å²) in [5.41, 5.74) is 0. The zero-order chi connectivity index (χ0) is 11.3. The van der Waals surface area contributed by atoms with E-state index in [1.165, 1.54) is 0 Å². The molecule has 0 aromatic rings. The molecule has 1 atom stereocenters. The van der Waals surface area contributed by atoms with Gasteiger partial charge in [-0.05, 0) is 0 Å². The Morgan fingerprint density at radius 3 is 2.53 bits per heavy atom. The Morgan fingerprint density at radius 2 is 2.00 bits per heavy atom. The number of carbonyl (C=O) groups excluding carboxylic acids is 3. The summed E-state index contributed by atoms with van der Waals surface area (Å²) >= 11 is 0. The first-order chi connectivity index (χ1) is 7.24. The predicted octanol–water partition coefficient (Wildman–Crippen LogP) is -1.15. The number of aliphatic hydroxyl groups excluding tert-OH is 1. The van der Waals surface area contributed by atoms with Crippen LogP contribution in [0.15, 0.2) is 11.5 Å². The molecule has 0 saturated carbocycles. The highest BCUT2D eigenvalue weighted by Gasteiger charge is 2.37. The zero-order valence-corrected chi connectivity index (χ0v) is 7.54. The van der Waals surface area contributed by atoms with Crippen molar-refractivity contribution in [1.82, 2.24) is 0 Å². The van der Waals surface area contributed by atoms with E-state index in [1.54, 1.807) is 0 Å². The fraction of sp³-hybridized carbons (Fsp3) is 0.375. The van der Waals surface area contributed by atoms with Crippen LogP contribution in [0.1, 0.15) is 6.42 Å². The minimum Gasteiger partial charge on any atom is -0.448 e. The molecule has 0 spiro atoms. The number of ether oxygens (including phenoxy) is 3. The first kappa shape index (κ1) is 11.2. The number of cyclic esters (lactones) is 1. The Hall–Kier alpha value is -1.89. The normalized spacial score (nSPS) is 19.8. The summed E-state index contributed by atoms with van der Waals surface area (Å²) in [5.74, 6) is -1.57. The van der Waals surface area contributed by atoms with E-state index >= 15 is 0 Å². The number of hydrogen-bond acceptors (Lipinski definition) is 7. The Bertz CT molecular complexity index is 306. The lowest BCUT2D eigenvalue weighted by molar-refractivity contribution is -0.146. The summed E-state index contributed by atoms with van der Waals surface area (Å²) in [6, 6.07) is 0. The molecular formula is C8H8O7. The first-order valence-corrected chi connectivity index (χ1v) is 4.01. The molecule has 1 heterocycles. The van der Waals surface area contributed by atoms with E-state index in [2.05, 4.69) is 9.47 Å². The van der Waals surface area contributed by atoms with E-state index in [0.29, 0.717) is 0 Å². The Kier molecular flexibility index (Phi) is 3.81. The van der Waals surface area contributed by atoms with Crippen molar-refractivity contribution in [3.63, 3.8) is 0 Å². The van der Waals surface area contributed by atoms with Crippen LogP contribution < -0.4 is 0 Å². The second-order valence-corrected chi connectivity index (χ2v) is 2.53. The lowest BCUT2D eigenvalue weighted by Gasteiger charge is -2.08. The van der Waals surface area contributed by atoms with Crippen LogP contribution in [0.5, 0.6) is 0 Å². The molecule has 0 aromatic carbocycles. The topological polar surface area (TPSA) is 99.1 Å². The summed E-state index contributed by atoms with van der Waals surface area (Å²) in [6.45, 7) is -0.167. The van der Waals surface area contributed by atoms with Crippen molar-refractivity contribution < 1.29 is 33.7 Å². The van der Waals surface area contributed by atoms with Gasteiger partial charge < -0.3 is 19.3 Å². The van der Waals surface area contributed by atoms with E-state index in [4.69, 9.17) is 9.84 Å². The second-order valence-electron chi connectivity index (χ2n) is 2.53. The van der Waals surface area contributed by atoms with Gasteiger partial charge in [0, 0.05) is 13.0 Å². The van der Waals surface area contributed by atoms with Crippen LogP contribution in [0.3, 0.4) is 0 Å². The summed E-state index contributed by atoms with van der Waals surface area (Å²) in [7, 11) is 0. The smallest absolute Gasteiger partial charge is 0.378 e. The van der Waals surface area contributed by atoms with Gasteiger partial charge in [0.2, 0.25) is 0 Å². The molecule has 0 bridgehead atoms. The molecule has 0 aliphatic carbocycles. The molecule has 0 aromatic heterocycles. The highest BCUT2D eigenvalue weighted by atomic mass is 16.6. The van der Waals surface area contributed by atoms with Crippen LogP contribution in [-0.4, -0.2) is 36.7 Å². The lowest BCUT2D eigenvalue weighted by Crippen LogP contribution is -2.14. The quantitative estimate of drug-likeness (QED) is 0.340. The van der Waals surface area contributed by atoms with Crippen LogP contribution >= 0.6 is 0 Å². The van der Waals surface area contributed by atoms with Gasteiger partial charge in [-0.15, -0.1) is 0 Å². The first-order valence-electron chi connectivity index (χ1n) is 4.01. The van der Waals surface area contributed by atoms with E-state index < -0.39 is 17.8 Å². The Balaban J connectivity index is 2.91. The van der Waals surface area contributed by atoms with Gasteiger partial charge >= 0.3 is 5.97 Å². The third kappa shape index (κ3) is 2.32. The third-order valence-corrected chi connectivity index (χ3v) is 1.68. The number of esters is 1. The van der Waals surface area contributed by atoms with Gasteiger partial charge in [-0.25, -0.2) is 4.79 Å². The number of carbonyl (C=O) groups is 3. The van der Waals surface area contributed by atoms with Crippen molar-refractivity contribution in [3.05, 3.63) is 11.5 Å². The molecule has 0 fully saturated rings. The Labute approximate surface area is 84.2 Å². The predicted molar refractivity (Wildman–Crippen MR) is 42.9 cm³/mol. The van der Waals surface area contributed by atoms with Gasteiger partial charge in [0.25, 0.3) is 18.7 Å². The minimum atomic E-state index is -0.905. The van der Waals surface area contributed by atoms with Crippen molar-refractivity contribution >= 4 is 18.9 Å². The molecule has 1 aliphatic heterocycles. The standard InChI is InChI=1S/C8H8O7/c9-2-1-5-6(13-3-10)7(14-4-11)8(12)15-5/h3-5,9H,1-2H2. The average molecular weight is 216 g/mol. The fourth-order valence-electron chi connectivity index (χ4n) is 1.13. The number of hydrogen-bond donors (Lipinski definition) is 1. The second kappa shape index (κ2) is 5.11. The molecule has 1 unspecified atom stereocenters. The van der Waals surface area contributed by atoms with Crippen LogP contribution in [0.25, 0.3) is 0 Å². The summed E-state index contributed by atoms with van der Waals surface area (Å²) in [4.78, 5) is 31.3. The van der Waals surface area contributed by atoms with Gasteiger partial charge in [0.15, 0.2) is 11.9 Å². The summed E-state index contributed by atoms with van der Waals surface area (Å²) in [5, 5.41) is 8.65. The van der Waals surface area contributed by atoms with Gasteiger partial charge in [-0.2, -0.15) is 0 Å². The van der Waals surface area contributed by atoms with E-state index in [1.807, 2.05) is 0 Å². The number of rotatable bonds is 6. The largest absolute Gasteiger partial charge is 0.448 e. The summed E-state index contributed by atoms with van der Waals surface area (Å²) in [6.07, 6.45) is -0.844. The van der Waals surface area contributed by atoms with Crippen LogP contribution in [0.2, 0.25) is 0 Å². The molecule has 1 N–H and O–H groups in total. The Morgan fingerprint density at radius 1 is 1.33 bits per heavy atom. The van der Waals surface area contributed by atoms with Gasteiger partial charge in [-0.1, -0.05) is 0 Å². The minimum absolute atomic E-state index is 0.0199. The van der Waals surface area contributed by atoms with E-state index in [0.717, 1.165) is 0 Å². The van der Waals surface area contributed by atoms with Crippen molar-refractivity contribution in [2.45, 2.75) is 12.5 Å². The zero-order valence-electron chi connectivity index (χ0n) is 7.54. The highest BCUT2D eigenvalue weighted by molar-refractivity contribution is 5.91. The third-order valence-electron chi connectivity index (χ3n) is 1.68. The number of aliphatic hydroxyl groups is 1. The molecule has 0 radical (unpaired) electrons. The molecule has 82 valence electrons. The fourth-order valence-corrected chi connectivity index (χ4v) is 1.13. The molecule has 0 amide bonds. The summed E-state index contributed by atoms with van der Waals surface area (Å²) < 4.78 is 13.5. The highest BCUT2D eigenvalue weighted by Crippen LogP contribution is 2.25. The van der Waals surface area contributed by atoms with Crippen LogP contribution in [0, 0.1) is 0 Å².